The molecule has 1 atom stereocenters. The van der Waals surface area contributed by atoms with E-state index < -0.39 is 0 Å². The highest BCUT2D eigenvalue weighted by Crippen LogP contribution is 2.25. The Bertz CT molecular complexity index is 391. The molecular formula is C10H13N3S. The van der Waals surface area contributed by atoms with E-state index >= 15 is 0 Å². The molecular weight excluding hydrogens is 194 g/mol. The van der Waals surface area contributed by atoms with Crippen molar-refractivity contribution in [2.75, 3.05) is 5.32 Å². The summed E-state index contributed by atoms with van der Waals surface area (Å²) in [5.41, 5.74) is 1.03. The van der Waals surface area contributed by atoms with Gasteiger partial charge in [-0.05, 0) is 26.0 Å². The lowest BCUT2D eigenvalue weighted by Gasteiger charge is -2.10. The molecule has 0 aromatic carbocycles. The first-order valence-corrected chi connectivity index (χ1v) is 5.39. The van der Waals surface area contributed by atoms with Gasteiger partial charge in [-0.25, -0.2) is 0 Å². The van der Waals surface area contributed by atoms with Crippen molar-refractivity contribution in [3.05, 3.63) is 34.3 Å². The van der Waals surface area contributed by atoms with Gasteiger partial charge >= 0.3 is 0 Å². The second-order valence-electron chi connectivity index (χ2n) is 3.30. The molecule has 4 heteroatoms. The Balaban J connectivity index is 2.06. The number of nitrogens with one attached hydrogen (secondary N) is 2. The topological polar surface area (TPSA) is 40.7 Å². The molecule has 0 saturated carbocycles. The first-order valence-electron chi connectivity index (χ1n) is 4.57. The van der Waals surface area contributed by atoms with Gasteiger partial charge < -0.3 is 5.32 Å². The number of anilines is 1. The van der Waals surface area contributed by atoms with Crippen molar-refractivity contribution in [1.29, 1.82) is 0 Å². The van der Waals surface area contributed by atoms with Gasteiger partial charge in [-0.2, -0.15) is 5.10 Å². The maximum Gasteiger partial charge on any atom is 0.0728 e. The fourth-order valence-electron chi connectivity index (χ4n) is 1.34. The van der Waals surface area contributed by atoms with Crippen LogP contribution in [0.3, 0.4) is 0 Å². The monoisotopic (exact) mass is 207 g/mol. The second kappa shape index (κ2) is 3.84. The van der Waals surface area contributed by atoms with Crippen molar-refractivity contribution in [3.63, 3.8) is 0 Å². The molecule has 2 aromatic heterocycles. The summed E-state index contributed by atoms with van der Waals surface area (Å²) in [7, 11) is 0. The van der Waals surface area contributed by atoms with E-state index in [4.69, 9.17) is 0 Å². The number of aromatic amines is 1. The van der Waals surface area contributed by atoms with E-state index in [9.17, 15) is 0 Å². The minimum absolute atomic E-state index is 0.339. The number of hydrogen-bond acceptors (Lipinski definition) is 3. The Morgan fingerprint density at radius 1 is 1.50 bits per heavy atom. The number of aromatic nitrogens is 2. The standard InChI is InChI=1S/C10H13N3S/c1-7-3-4-10(14-7)8(2)13-9-5-11-12-6-9/h3-6,8,13H,1-2H3,(H,11,12). The zero-order valence-corrected chi connectivity index (χ0v) is 9.06. The highest BCUT2D eigenvalue weighted by molar-refractivity contribution is 7.12. The van der Waals surface area contributed by atoms with E-state index in [1.54, 1.807) is 6.20 Å². The molecule has 2 rings (SSSR count). The zero-order chi connectivity index (χ0) is 9.97. The van der Waals surface area contributed by atoms with Crippen LogP contribution in [0.25, 0.3) is 0 Å². The lowest BCUT2D eigenvalue weighted by atomic mass is 10.2. The van der Waals surface area contributed by atoms with Gasteiger partial charge in [-0.15, -0.1) is 11.3 Å². The first-order chi connectivity index (χ1) is 6.75. The molecule has 0 amide bonds. The van der Waals surface area contributed by atoms with Crippen LogP contribution in [0.4, 0.5) is 5.69 Å². The van der Waals surface area contributed by atoms with E-state index in [-0.39, 0.29) is 0 Å². The highest BCUT2D eigenvalue weighted by atomic mass is 32.1. The molecule has 1 unspecified atom stereocenters. The summed E-state index contributed by atoms with van der Waals surface area (Å²) in [5, 5.41) is 10.0. The molecule has 0 aliphatic heterocycles. The molecule has 14 heavy (non-hydrogen) atoms. The van der Waals surface area contributed by atoms with Crippen LogP contribution in [0.15, 0.2) is 24.5 Å². The summed E-state index contributed by atoms with van der Waals surface area (Å²) in [4.78, 5) is 2.70. The van der Waals surface area contributed by atoms with Crippen molar-refractivity contribution < 1.29 is 0 Å². The van der Waals surface area contributed by atoms with Crippen molar-refractivity contribution in [2.24, 2.45) is 0 Å². The Morgan fingerprint density at radius 3 is 2.93 bits per heavy atom. The fraction of sp³-hybridized carbons (Fsp3) is 0.300. The van der Waals surface area contributed by atoms with Crippen molar-refractivity contribution in [2.45, 2.75) is 19.9 Å². The van der Waals surface area contributed by atoms with Crippen molar-refractivity contribution >= 4 is 17.0 Å². The Labute approximate surface area is 87.2 Å². The van der Waals surface area contributed by atoms with E-state index in [2.05, 4.69) is 41.5 Å². The Hall–Kier alpha value is -1.29. The van der Waals surface area contributed by atoms with Gasteiger partial charge in [0.05, 0.1) is 17.9 Å². The number of hydrogen-bond donors (Lipinski definition) is 2. The van der Waals surface area contributed by atoms with Crippen LogP contribution in [0.2, 0.25) is 0 Å². The number of thiophene rings is 1. The number of aryl methyl sites for hydroxylation is 1. The Morgan fingerprint density at radius 2 is 2.36 bits per heavy atom. The van der Waals surface area contributed by atoms with Crippen molar-refractivity contribution in [3.8, 4) is 0 Å². The average Bonchev–Trinajstić information content (AvgIpc) is 2.75. The lowest BCUT2D eigenvalue weighted by Crippen LogP contribution is -2.03. The normalized spacial score (nSPS) is 12.7. The second-order valence-corrected chi connectivity index (χ2v) is 4.62. The van der Waals surface area contributed by atoms with E-state index in [0.29, 0.717) is 6.04 Å². The number of H-pyrrole nitrogens is 1. The van der Waals surface area contributed by atoms with Crippen LogP contribution in [-0.2, 0) is 0 Å². The van der Waals surface area contributed by atoms with Gasteiger partial charge in [-0.1, -0.05) is 0 Å². The first kappa shape index (κ1) is 9.27. The molecule has 0 fully saturated rings. The molecule has 2 aromatic rings. The SMILES string of the molecule is Cc1ccc(C(C)Nc2cn[nH]c2)s1. The molecule has 0 radical (unpaired) electrons. The van der Waals surface area contributed by atoms with Gasteiger partial charge in [0, 0.05) is 16.0 Å². The number of nitrogens with zero attached hydrogens (tertiary/aromatic N) is 1. The third-order valence-corrected chi connectivity index (χ3v) is 3.25. The van der Waals surface area contributed by atoms with Crippen LogP contribution < -0.4 is 5.32 Å². The van der Waals surface area contributed by atoms with Crippen LogP contribution >= 0.6 is 11.3 Å². The van der Waals surface area contributed by atoms with Crippen LogP contribution in [-0.4, -0.2) is 10.2 Å². The molecule has 0 saturated heterocycles. The smallest absolute Gasteiger partial charge is 0.0728 e. The quantitative estimate of drug-likeness (QED) is 0.812. The van der Waals surface area contributed by atoms with E-state index in [1.165, 1.54) is 9.75 Å². The van der Waals surface area contributed by atoms with Gasteiger partial charge in [0.1, 0.15) is 0 Å². The summed E-state index contributed by atoms with van der Waals surface area (Å²) in [6.45, 7) is 4.27. The molecule has 0 aliphatic rings. The zero-order valence-electron chi connectivity index (χ0n) is 8.24. The van der Waals surface area contributed by atoms with Crippen molar-refractivity contribution in [1.82, 2.24) is 10.2 Å². The largest absolute Gasteiger partial charge is 0.375 e. The van der Waals surface area contributed by atoms with Crippen LogP contribution in [0, 0.1) is 6.92 Å². The molecule has 0 bridgehead atoms. The van der Waals surface area contributed by atoms with Gasteiger partial charge in [0.25, 0.3) is 0 Å². The molecule has 2 heterocycles. The average molecular weight is 207 g/mol. The molecule has 3 nitrogen and oxygen atoms in total. The minimum atomic E-state index is 0.339. The summed E-state index contributed by atoms with van der Waals surface area (Å²) in [5.74, 6) is 0. The fourth-order valence-corrected chi connectivity index (χ4v) is 2.22. The summed E-state index contributed by atoms with van der Waals surface area (Å²) < 4.78 is 0. The third-order valence-electron chi connectivity index (χ3n) is 2.07. The molecule has 2 N–H and O–H groups in total. The van der Waals surface area contributed by atoms with Gasteiger partial charge in [-0.3, -0.25) is 5.10 Å². The Kier molecular flexibility index (Phi) is 2.54. The van der Waals surface area contributed by atoms with Crippen LogP contribution in [0.1, 0.15) is 22.7 Å². The summed E-state index contributed by atoms with van der Waals surface area (Å²) in [6, 6.07) is 4.65. The minimum Gasteiger partial charge on any atom is -0.375 e. The summed E-state index contributed by atoms with van der Waals surface area (Å²) in [6.07, 6.45) is 3.65. The van der Waals surface area contributed by atoms with Crippen LogP contribution in [0.5, 0.6) is 0 Å². The molecule has 74 valence electrons. The van der Waals surface area contributed by atoms with Gasteiger partial charge in [0.2, 0.25) is 0 Å². The third kappa shape index (κ3) is 1.96. The number of rotatable bonds is 3. The highest BCUT2D eigenvalue weighted by Gasteiger charge is 2.07. The molecule has 0 spiro atoms. The maximum absolute atomic E-state index is 3.89. The predicted molar refractivity (Wildman–Crippen MR) is 59.7 cm³/mol. The predicted octanol–water partition coefficient (Wildman–Crippen LogP) is 2.95. The van der Waals surface area contributed by atoms with E-state index in [0.717, 1.165) is 5.69 Å². The summed E-state index contributed by atoms with van der Waals surface area (Å²) >= 11 is 1.82. The maximum atomic E-state index is 3.89. The molecule has 0 aliphatic carbocycles. The lowest BCUT2D eigenvalue weighted by molar-refractivity contribution is 0.908. The van der Waals surface area contributed by atoms with Gasteiger partial charge in [0.15, 0.2) is 0 Å². The van der Waals surface area contributed by atoms with E-state index in [1.807, 2.05) is 17.5 Å².